The fourth-order valence-corrected chi connectivity index (χ4v) is 5.55. The lowest BCUT2D eigenvalue weighted by Gasteiger charge is -2.48. The number of ether oxygens (including phenoxy) is 1. The van der Waals surface area contributed by atoms with Crippen LogP contribution in [0, 0.1) is 48.7 Å². The van der Waals surface area contributed by atoms with Gasteiger partial charge in [-0.15, -0.1) is 5.92 Å². The second kappa shape index (κ2) is 14.8. The molecule has 4 N–H and O–H groups in total. The molecule has 4 rings (SSSR count). The molecule has 1 saturated heterocycles. The van der Waals surface area contributed by atoms with Gasteiger partial charge in [-0.2, -0.15) is 0 Å². The SMILES string of the molecule is CC#CC(C)(C)C1CN(c2ccncc2NC)CC(N)C1NC(=O)OC.Cc1cc(C)c(-c2nc(C=O)ccc2F)c(F)c1. The van der Waals surface area contributed by atoms with E-state index in [4.69, 9.17) is 10.5 Å². The highest BCUT2D eigenvalue weighted by Crippen LogP contribution is 2.37. The maximum atomic E-state index is 13.9. The quantitative estimate of drug-likeness (QED) is 0.261. The number of pyridine rings is 2. The van der Waals surface area contributed by atoms with Crippen molar-refractivity contribution in [2.24, 2.45) is 17.1 Å². The third-order valence-corrected chi connectivity index (χ3v) is 7.65. The summed E-state index contributed by atoms with van der Waals surface area (Å²) in [5.74, 6) is 5.13. The number of nitrogens with zero attached hydrogens (tertiary/aromatic N) is 3. The molecule has 0 radical (unpaired) electrons. The molecule has 1 aliphatic heterocycles. The van der Waals surface area contributed by atoms with Gasteiger partial charge in [0.25, 0.3) is 0 Å². The van der Waals surface area contributed by atoms with Gasteiger partial charge in [0.1, 0.15) is 23.0 Å². The van der Waals surface area contributed by atoms with Gasteiger partial charge in [-0.25, -0.2) is 18.6 Å². The zero-order valence-corrected chi connectivity index (χ0v) is 26.2. The Kier molecular flexibility index (Phi) is 11.4. The van der Waals surface area contributed by atoms with Crippen LogP contribution in [0.2, 0.25) is 0 Å². The molecular weight excluding hydrogens is 566 g/mol. The summed E-state index contributed by atoms with van der Waals surface area (Å²) in [7, 11) is 3.23. The zero-order valence-electron chi connectivity index (χ0n) is 26.2. The average Bonchev–Trinajstić information content (AvgIpc) is 2.98. The van der Waals surface area contributed by atoms with Crippen molar-refractivity contribution in [1.29, 1.82) is 0 Å². The number of rotatable bonds is 6. The highest BCUT2D eigenvalue weighted by molar-refractivity contribution is 5.75. The molecule has 3 aromatic rings. The Labute approximate surface area is 257 Å². The van der Waals surface area contributed by atoms with Crippen LogP contribution in [0.25, 0.3) is 11.3 Å². The number of carbonyl (C=O) groups is 2. The fraction of sp³-hybridized carbons (Fsp3) is 0.394. The smallest absolute Gasteiger partial charge is 0.407 e. The molecule has 3 unspecified atom stereocenters. The van der Waals surface area contributed by atoms with Crippen LogP contribution in [0.4, 0.5) is 25.0 Å². The van der Waals surface area contributed by atoms with E-state index in [-0.39, 0.29) is 40.4 Å². The molecule has 1 amide bonds. The van der Waals surface area contributed by atoms with Crippen LogP contribution >= 0.6 is 0 Å². The van der Waals surface area contributed by atoms with Gasteiger partial charge in [-0.3, -0.25) is 9.78 Å². The highest BCUT2D eigenvalue weighted by Gasteiger charge is 2.44. The Hall–Kier alpha value is -4.56. The number of nitrogens with two attached hydrogens (primary N) is 1. The fourth-order valence-electron chi connectivity index (χ4n) is 5.55. The van der Waals surface area contributed by atoms with Crippen molar-refractivity contribution in [3.63, 3.8) is 0 Å². The third-order valence-electron chi connectivity index (χ3n) is 7.65. The number of hydrogen-bond acceptors (Lipinski definition) is 8. The highest BCUT2D eigenvalue weighted by atomic mass is 19.1. The summed E-state index contributed by atoms with van der Waals surface area (Å²) in [4.78, 5) is 32.7. The van der Waals surface area contributed by atoms with Crippen LogP contribution in [-0.4, -0.2) is 61.7 Å². The maximum absolute atomic E-state index is 13.9. The minimum absolute atomic E-state index is 0.0238. The number of aryl methyl sites for hydroxylation is 2. The summed E-state index contributed by atoms with van der Waals surface area (Å²) in [5.41, 5.74) is 9.52. The van der Waals surface area contributed by atoms with Gasteiger partial charge >= 0.3 is 6.09 Å². The van der Waals surface area contributed by atoms with Crippen molar-refractivity contribution in [1.82, 2.24) is 15.3 Å². The number of piperidine rings is 1. The van der Waals surface area contributed by atoms with E-state index in [0.717, 1.165) is 23.0 Å². The first-order valence-corrected chi connectivity index (χ1v) is 14.2. The molecule has 11 heteroatoms. The summed E-state index contributed by atoms with van der Waals surface area (Å²) in [6, 6.07) is 6.92. The second-order valence-corrected chi connectivity index (χ2v) is 11.2. The minimum atomic E-state index is -0.647. The molecule has 234 valence electrons. The molecule has 3 heterocycles. The van der Waals surface area contributed by atoms with Crippen LogP contribution in [-0.2, 0) is 4.74 Å². The number of alkyl carbamates (subject to hydrolysis) is 1. The van der Waals surface area contributed by atoms with Crippen LogP contribution in [0.5, 0.6) is 0 Å². The molecule has 9 nitrogen and oxygen atoms in total. The Balaban J connectivity index is 0.000000257. The van der Waals surface area contributed by atoms with E-state index in [1.54, 1.807) is 32.3 Å². The first-order chi connectivity index (χ1) is 20.9. The first kappa shape index (κ1) is 33.9. The van der Waals surface area contributed by atoms with Crippen molar-refractivity contribution in [3.05, 3.63) is 71.2 Å². The lowest BCUT2D eigenvalue weighted by molar-refractivity contribution is 0.111. The Morgan fingerprint density at radius 1 is 1.18 bits per heavy atom. The lowest BCUT2D eigenvalue weighted by Crippen LogP contribution is -2.65. The molecule has 1 fully saturated rings. The number of benzene rings is 1. The minimum Gasteiger partial charge on any atom is -0.453 e. The number of hydrogen-bond donors (Lipinski definition) is 3. The van der Waals surface area contributed by atoms with Crippen molar-refractivity contribution in [2.75, 3.05) is 37.5 Å². The van der Waals surface area contributed by atoms with Crippen molar-refractivity contribution in [2.45, 2.75) is 46.7 Å². The molecule has 2 aromatic heterocycles. The standard InChI is InChI=1S/C19H29N5O2.C14H11F2NO/c1-6-8-19(2,3)13-11-24(16-7-9-22-10-15(16)21-4)12-14(20)17(13)23-18(25)26-5;1-8-5-9(2)13(12(16)6-8)14-11(15)4-3-10(7-18)17-14/h7,9-10,13-14,17,21H,11-12,20H2,1-5H3,(H,23,25);3-7H,1-2H3. The van der Waals surface area contributed by atoms with Crippen molar-refractivity contribution >= 4 is 23.8 Å². The number of halogens is 2. The van der Waals surface area contributed by atoms with Crippen molar-refractivity contribution in [3.8, 4) is 23.1 Å². The number of nitrogens with one attached hydrogen (secondary N) is 2. The topological polar surface area (TPSA) is 122 Å². The van der Waals surface area contributed by atoms with Gasteiger partial charge in [0.15, 0.2) is 6.29 Å². The number of aldehydes is 1. The molecule has 0 spiro atoms. The zero-order chi connectivity index (χ0) is 32.6. The van der Waals surface area contributed by atoms with Crippen molar-refractivity contribution < 1.29 is 23.1 Å². The Morgan fingerprint density at radius 3 is 2.52 bits per heavy atom. The molecule has 1 aliphatic rings. The number of aromatic nitrogens is 2. The average molecular weight is 607 g/mol. The van der Waals surface area contributed by atoms with Crippen LogP contribution < -0.4 is 21.3 Å². The normalized spacial score (nSPS) is 17.8. The number of carbonyl (C=O) groups excluding carboxylic acids is 2. The van der Waals surface area contributed by atoms with E-state index < -0.39 is 17.7 Å². The summed E-state index contributed by atoms with van der Waals surface area (Å²) in [6.07, 6.45) is 3.60. The molecule has 44 heavy (non-hydrogen) atoms. The third kappa shape index (κ3) is 7.88. The molecular formula is C33H40F2N6O3. The maximum Gasteiger partial charge on any atom is 0.407 e. The summed E-state index contributed by atoms with van der Waals surface area (Å²) in [6.45, 7) is 10.8. The van der Waals surface area contributed by atoms with Gasteiger partial charge in [0.2, 0.25) is 0 Å². The van der Waals surface area contributed by atoms with Crippen LogP contribution in [0.1, 0.15) is 42.4 Å². The number of anilines is 2. The molecule has 1 aromatic carbocycles. The van der Waals surface area contributed by atoms with Gasteiger partial charge in [-0.05, 0) is 70.0 Å². The van der Waals surface area contributed by atoms with Gasteiger partial charge in [-0.1, -0.05) is 12.0 Å². The van der Waals surface area contributed by atoms with E-state index in [0.29, 0.717) is 24.9 Å². The molecule has 0 saturated carbocycles. The summed E-state index contributed by atoms with van der Waals surface area (Å²) in [5, 5.41) is 6.10. The van der Waals surface area contributed by atoms with E-state index in [1.165, 1.54) is 19.2 Å². The summed E-state index contributed by atoms with van der Waals surface area (Å²) < 4.78 is 32.4. The second-order valence-electron chi connectivity index (χ2n) is 11.2. The molecule has 3 atom stereocenters. The molecule has 0 aliphatic carbocycles. The van der Waals surface area contributed by atoms with Crippen LogP contribution in [0.15, 0.2) is 42.7 Å². The van der Waals surface area contributed by atoms with Gasteiger partial charge < -0.3 is 26.0 Å². The molecule has 0 bridgehead atoms. The Bertz CT molecular complexity index is 1530. The van der Waals surface area contributed by atoms with E-state index in [9.17, 15) is 18.4 Å². The monoisotopic (exact) mass is 606 g/mol. The van der Waals surface area contributed by atoms with Gasteiger partial charge in [0.05, 0.1) is 30.7 Å². The van der Waals surface area contributed by atoms with E-state index in [2.05, 4.69) is 51.2 Å². The van der Waals surface area contributed by atoms with Gasteiger partial charge in [0, 0.05) is 49.3 Å². The predicted octanol–water partition coefficient (Wildman–Crippen LogP) is 5.12. The largest absolute Gasteiger partial charge is 0.453 e. The lowest BCUT2D eigenvalue weighted by atomic mass is 9.71. The summed E-state index contributed by atoms with van der Waals surface area (Å²) >= 11 is 0. The van der Waals surface area contributed by atoms with E-state index >= 15 is 0 Å². The number of amides is 1. The number of methoxy groups -OCH3 is 1. The Morgan fingerprint density at radius 2 is 1.91 bits per heavy atom. The van der Waals surface area contributed by atoms with Crippen LogP contribution in [0.3, 0.4) is 0 Å². The van der Waals surface area contributed by atoms with E-state index in [1.807, 2.05) is 20.0 Å². The predicted molar refractivity (Wildman–Crippen MR) is 168 cm³/mol. The first-order valence-electron chi connectivity index (χ1n) is 14.2.